The van der Waals surface area contributed by atoms with E-state index in [0.717, 1.165) is 5.56 Å². The Labute approximate surface area is 158 Å². The van der Waals surface area contributed by atoms with E-state index >= 15 is 0 Å². The van der Waals surface area contributed by atoms with Crippen LogP contribution in [0.1, 0.15) is 24.1 Å². The van der Waals surface area contributed by atoms with Crippen LogP contribution in [-0.4, -0.2) is 34.8 Å². The molecule has 0 aromatic heterocycles. The first kappa shape index (κ1) is 18.5. The molecule has 1 aliphatic heterocycles. The van der Waals surface area contributed by atoms with Gasteiger partial charge in [0.25, 0.3) is 11.7 Å². The van der Waals surface area contributed by atoms with E-state index in [-0.39, 0.29) is 17.9 Å². The fourth-order valence-corrected chi connectivity index (χ4v) is 3.22. The van der Waals surface area contributed by atoms with E-state index in [1.54, 1.807) is 30.3 Å². The van der Waals surface area contributed by atoms with Gasteiger partial charge in [0.1, 0.15) is 11.5 Å². The lowest BCUT2D eigenvalue weighted by atomic mass is 9.95. The van der Waals surface area contributed by atoms with Crippen LogP contribution < -0.4 is 4.74 Å². The summed E-state index contributed by atoms with van der Waals surface area (Å²) in [5.74, 6) is -0.870. The molecule has 2 aromatic carbocycles. The van der Waals surface area contributed by atoms with Gasteiger partial charge in [0.15, 0.2) is 0 Å². The molecule has 1 atom stereocenters. The summed E-state index contributed by atoms with van der Waals surface area (Å²) >= 11 is 0. The summed E-state index contributed by atoms with van der Waals surface area (Å²) in [5.41, 5.74) is 1.29. The molecule has 1 saturated heterocycles. The molecule has 138 valence electrons. The molecule has 1 heterocycles. The second-order valence-corrected chi connectivity index (χ2v) is 6.11. The number of carbonyl (C=O) groups excluding carboxylic acids is 2. The highest BCUT2D eigenvalue weighted by atomic mass is 16.5. The maximum absolute atomic E-state index is 12.7. The van der Waals surface area contributed by atoms with Gasteiger partial charge in [-0.1, -0.05) is 36.4 Å². The number of nitrogens with zero attached hydrogens (tertiary/aromatic N) is 1. The van der Waals surface area contributed by atoms with Crippen molar-refractivity contribution in [2.75, 3.05) is 13.2 Å². The molecule has 0 spiro atoms. The molecule has 1 aliphatic rings. The van der Waals surface area contributed by atoms with E-state index in [1.807, 2.05) is 37.3 Å². The minimum atomic E-state index is -0.697. The van der Waals surface area contributed by atoms with Crippen molar-refractivity contribution in [1.82, 2.24) is 4.90 Å². The first-order chi connectivity index (χ1) is 13.1. The Morgan fingerprint density at radius 3 is 2.41 bits per heavy atom. The number of carbonyl (C=O) groups is 2. The van der Waals surface area contributed by atoms with Crippen LogP contribution in [-0.2, 0) is 9.59 Å². The standard InChI is InChI=1S/C22H21NO4/c1-3-14-23-19(15-8-6-5-7-9-15)18(21(25)22(23)26)20(24)16-10-12-17(13-11-16)27-4-2/h3,5-13,19,24H,1,4,14H2,2H3/b20-18-. The second kappa shape index (κ2) is 7.91. The lowest BCUT2D eigenvalue weighted by Gasteiger charge is -2.24. The van der Waals surface area contributed by atoms with Gasteiger partial charge in [-0.2, -0.15) is 0 Å². The summed E-state index contributed by atoms with van der Waals surface area (Å²) in [6.07, 6.45) is 1.57. The lowest BCUT2D eigenvalue weighted by Crippen LogP contribution is -2.29. The molecule has 1 fully saturated rings. The van der Waals surface area contributed by atoms with Crippen molar-refractivity contribution in [1.29, 1.82) is 0 Å². The van der Waals surface area contributed by atoms with Crippen LogP contribution in [0, 0.1) is 0 Å². The van der Waals surface area contributed by atoms with Gasteiger partial charge < -0.3 is 14.7 Å². The molecule has 3 rings (SSSR count). The normalized spacial score (nSPS) is 18.6. The van der Waals surface area contributed by atoms with Gasteiger partial charge in [-0.15, -0.1) is 6.58 Å². The Hall–Kier alpha value is -3.34. The van der Waals surface area contributed by atoms with Crippen molar-refractivity contribution >= 4 is 17.4 Å². The number of ether oxygens (including phenoxy) is 1. The molecule has 1 unspecified atom stereocenters. The second-order valence-electron chi connectivity index (χ2n) is 6.11. The van der Waals surface area contributed by atoms with Gasteiger partial charge in [-0.3, -0.25) is 9.59 Å². The Kier molecular flexibility index (Phi) is 5.41. The minimum Gasteiger partial charge on any atom is -0.507 e. The first-order valence-corrected chi connectivity index (χ1v) is 8.76. The third-order valence-corrected chi connectivity index (χ3v) is 4.42. The summed E-state index contributed by atoms with van der Waals surface area (Å²) < 4.78 is 5.41. The highest BCUT2D eigenvalue weighted by molar-refractivity contribution is 6.46. The van der Waals surface area contributed by atoms with Crippen molar-refractivity contribution in [2.24, 2.45) is 0 Å². The van der Waals surface area contributed by atoms with Crippen molar-refractivity contribution in [2.45, 2.75) is 13.0 Å². The largest absolute Gasteiger partial charge is 0.507 e. The van der Waals surface area contributed by atoms with Crippen LogP contribution in [0.2, 0.25) is 0 Å². The van der Waals surface area contributed by atoms with E-state index in [4.69, 9.17) is 4.74 Å². The molecule has 1 amide bonds. The van der Waals surface area contributed by atoms with Crippen LogP contribution in [0.25, 0.3) is 5.76 Å². The van der Waals surface area contributed by atoms with Crippen molar-refractivity contribution in [3.8, 4) is 5.75 Å². The van der Waals surface area contributed by atoms with Gasteiger partial charge in [-0.05, 0) is 36.8 Å². The van der Waals surface area contributed by atoms with Gasteiger partial charge in [0.05, 0.1) is 18.2 Å². The third-order valence-electron chi connectivity index (χ3n) is 4.42. The third kappa shape index (κ3) is 3.49. The Bertz CT molecular complexity index is 884. The number of rotatable bonds is 6. The molecule has 27 heavy (non-hydrogen) atoms. The van der Waals surface area contributed by atoms with Crippen LogP contribution in [0.5, 0.6) is 5.75 Å². The Balaban J connectivity index is 2.11. The number of aliphatic hydroxyl groups excluding tert-OH is 1. The van der Waals surface area contributed by atoms with Crippen LogP contribution in [0.3, 0.4) is 0 Å². The number of hydrogen-bond donors (Lipinski definition) is 1. The number of ketones is 1. The van der Waals surface area contributed by atoms with Crippen LogP contribution in [0.4, 0.5) is 0 Å². The number of amides is 1. The summed E-state index contributed by atoms with van der Waals surface area (Å²) in [6, 6.07) is 15.3. The lowest BCUT2D eigenvalue weighted by molar-refractivity contribution is -0.139. The fraction of sp³-hybridized carbons (Fsp3) is 0.182. The average molecular weight is 363 g/mol. The molecule has 5 nitrogen and oxygen atoms in total. The molecule has 0 radical (unpaired) electrons. The molecular weight excluding hydrogens is 342 g/mol. The van der Waals surface area contributed by atoms with Crippen molar-refractivity contribution < 1.29 is 19.4 Å². The molecule has 0 aliphatic carbocycles. The highest BCUT2D eigenvalue weighted by Crippen LogP contribution is 2.39. The zero-order valence-corrected chi connectivity index (χ0v) is 15.1. The van der Waals surface area contributed by atoms with Gasteiger partial charge in [0.2, 0.25) is 0 Å². The first-order valence-electron chi connectivity index (χ1n) is 8.76. The van der Waals surface area contributed by atoms with Gasteiger partial charge in [0, 0.05) is 12.1 Å². The number of aliphatic hydroxyl groups is 1. The zero-order chi connectivity index (χ0) is 19.4. The summed E-state index contributed by atoms with van der Waals surface area (Å²) in [5, 5.41) is 10.9. The van der Waals surface area contributed by atoms with Gasteiger partial charge >= 0.3 is 0 Å². The SMILES string of the molecule is C=CCN1C(=O)C(=O)/C(=C(\O)c2ccc(OCC)cc2)C1c1ccccc1. The fourth-order valence-electron chi connectivity index (χ4n) is 3.22. The molecule has 0 saturated carbocycles. The number of benzene rings is 2. The quantitative estimate of drug-likeness (QED) is 0.368. The van der Waals surface area contributed by atoms with E-state index < -0.39 is 17.7 Å². The summed E-state index contributed by atoms with van der Waals surface area (Å²) in [4.78, 5) is 26.6. The van der Waals surface area contributed by atoms with E-state index in [1.165, 1.54) is 4.90 Å². The van der Waals surface area contributed by atoms with E-state index in [2.05, 4.69) is 6.58 Å². The average Bonchev–Trinajstić information content (AvgIpc) is 2.94. The van der Waals surface area contributed by atoms with E-state index in [0.29, 0.717) is 17.9 Å². The van der Waals surface area contributed by atoms with Crippen molar-refractivity contribution in [3.63, 3.8) is 0 Å². The molecule has 5 heteroatoms. The van der Waals surface area contributed by atoms with Crippen LogP contribution >= 0.6 is 0 Å². The zero-order valence-electron chi connectivity index (χ0n) is 15.1. The molecular formula is C22H21NO4. The molecule has 0 bridgehead atoms. The smallest absolute Gasteiger partial charge is 0.295 e. The Morgan fingerprint density at radius 2 is 1.81 bits per heavy atom. The minimum absolute atomic E-state index is 0.0807. The summed E-state index contributed by atoms with van der Waals surface area (Å²) in [6.45, 7) is 6.30. The topological polar surface area (TPSA) is 66.8 Å². The number of Topliss-reactive ketones (excluding diaryl/α,β-unsaturated/α-hetero) is 1. The molecule has 1 N–H and O–H groups in total. The number of likely N-dealkylation sites (tertiary alicyclic amines) is 1. The van der Waals surface area contributed by atoms with Crippen LogP contribution in [0.15, 0.2) is 72.8 Å². The molecule has 2 aromatic rings. The predicted octanol–water partition coefficient (Wildman–Crippen LogP) is 3.69. The predicted molar refractivity (Wildman–Crippen MR) is 103 cm³/mol. The monoisotopic (exact) mass is 363 g/mol. The summed E-state index contributed by atoms with van der Waals surface area (Å²) in [7, 11) is 0. The highest BCUT2D eigenvalue weighted by Gasteiger charge is 2.45. The number of hydrogen-bond acceptors (Lipinski definition) is 4. The van der Waals surface area contributed by atoms with Crippen molar-refractivity contribution in [3.05, 3.63) is 84.0 Å². The maximum atomic E-state index is 12.7. The maximum Gasteiger partial charge on any atom is 0.295 e. The van der Waals surface area contributed by atoms with Gasteiger partial charge in [-0.25, -0.2) is 0 Å². The Morgan fingerprint density at radius 1 is 1.15 bits per heavy atom. The van der Waals surface area contributed by atoms with E-state index in [9.17, 15) is 14.7 Å².